The van der Waals surface area contributed by atoms with Crippen LogP contribution in [0.15, 0.2) is 0 Å². The summed E-state index contributed by atoms with van der Waals surface area (Å²) in [4.78, 5) is 0. The molecule has 33 heavy (non-hydrogen) atoms. The smallest absolute Gasteiger partial charge is 0.399 e. The Morgan fingerprint density at radius 3 is 1.39 bits per heavy atom. The minimum atomic E-state index is -6.73. The van der Waals surface area contributed by atoms with Crippen molar-refractivity contribution in [3.8, 4) is 0 Å². The fraction of sp³-hybridized carbons (Fsp3) is 1.00. The predicted octanol–water partition coefficient (Wildman–Crippen LogP) is 6.66. The SMILES string of the molecule is CC[N+](CC)(CC)CC.O=S(=O)([O-])C(F)(F)C(F)(F)C(F)CCCCCCCCC(F)(F)F. The summed E-state index contributed by atoms with van der Waals surface area (Å²) < 4.78 is 132. The zero-order chi connectivity index (χ0) is 26.6. The summed E-state index contributed by atoms with van der Waals surface area (Å²) in [6.07, 6.45) is -9.32. The van der Waals surface area contributed by atoms with Crippen molar-refractivity contribution >= 4 is 10.1 Å². The van der Waals surface area contributed by atoms with Gasteiger partial charge in [-0.05, 0) is 40.5 Å². The van der Waals surface area contributed by atoms with Gasteiger partial charge in [-0.2, -0.15) is 30.7 Å². The van der Waals surface area contributed by atoms with E-state index < -0.39 is 46.5 Å². The van der Waals surface area contributed by atoms with Gasteiger partial charge in [-0.15, -0.1) is 0 Å². The third-order valence-electron chi connectivity index (χ3n) is 5.95. The molecule has 202 valence electrons. The van der Waals surface area contributed by atoms with Gasteiger partial charge in [0, 0.05) is 6.42 Å². The Labute approximate surface area is 192 Å². The average molecular weight is 524 g/mol. The van der Waals surface area contributed by atoms with Crippen LogP contribution in [-0.2, 0) is 10.1 Å². The zero-order valence-electron chi connectivity index (χ0n) is 19.7. The van der Waals surface area contributed by atoms with Crippen molar-refractivity contribution in [1.82, 2.24) is 0 Å². The molecule has 0 fully saturated rings. The van der Waals surface area contributed by atoms with E-state index in [4.69, 9.17) is 0 Å². The molecule has 1 unspecified atom stereocenters. The lowest BCUT2D eigenvalue weighted by molar-refractivity contribution is -0.921. The highest BCUT2D eigenvalue weighted by Gasteiger charge is 2.66. The normalized spacial score (nSPS) is 14.6. The van der Waals surface area contributed by atoms with E-state index in [1.54, 1.807) is 0 Å². The zero-order valence-corrected chi connectivity index (χ0v) is 20.5. The van der Waals surface area contributed by atoms with E-state index in [0.717, 1.165) is 0 Å². The summed E-state index contributed by atoms with van der Waals surface area (Å²) in [5.41, 5.74) is 0. The Balaban J connectivity index is 0. The van der Waals surface area contributed by atoms with Crippen LogP contribution in [0.2, 0.25) is 0 Å². The standard InChI is InChI=1S/C12H18F8O3S.C8H20N/c13-9(11(17,18)12(19,20)24(21,22)23)7-5-3-1-2-4-6-8-10(14,15)16;1-5-9(6-2,7-3)8-4/h9H,1-8H2,(H,21,22,23);5-8H2,1-4H3/q;+1/p-1. The first-order chi connectivity index (χ1) is 14.9. The monoisotopic (exact) mass is 523 g/mol. The molecule has 0 bridgehead atoms. The van der Waals surface area contributed by atoms with Gasteiger partial charge in [0.2, 0.25) is 0 Å². The molecule has 0 radical (unpaired) electrons. The minimum Gasteiger partial charge on any atom is -0.743 e. The summed E-state index contributed by atoms with van der Waals surface area (Å²) in [5.74, 6) is -5.65. The van der Waals surface area contributed by atoms with Gasteiger partial charge < -0.3 is 9.04 Å². The molecule has 1 atom stereocenters. The van der Waals surface area contributed by atoms with Gasteiger partial charge in [0.15, 0.2) is 16.3 Å². The molecule has 0 aromatic rings. The second-order valence-corrected chi connectivity index (χ2v) is 9.36. The van der Waals surface area contributed by atoms with Gasteiger partial charge in [-0.25, -0.2) is 12.8 Å². The minimum absolute atomic E-state index is 0.0955. The molecule has 0 saturated carbocycles. The van der Waals surface area contributed by atoms with E-state index in [9.17, 15) is 48.1 Å². The molecule has 0 amide bonds. The first-order valence-electron chi connectivity index (χ1n) is 11.1. The van der Waals surface area contributed by atoms with E-state index in [1.807, 2.05) is 0 Å². The second kappa shape index (κ2) is 14.7. The lowest BCUT2D eigenvalue weighted by Crippen LogP contribution is -2.52. The summed E-state index contributed by atoms with van der Waals surface area (Å²) >= 11 is 0. The van der Waals surface area contributed by atoms with Gasteiger partial charge in [0.05, 0.1) is 26.2 Å². The van der Waals surface area contributed by atoms with Crippen LogP contribution in [0.4, 0.5) is 35.1 Å². The number of hydrogen-bond acceptors (Lipinski definition) is 3. The van der Waals surface area contributed by atoms with Crippen LogP contribution in [0, 0.1) is 0 Å². The van der Waals surface area contributed by atoms with Gasteiger partial charge in [0.1, 0.15) is 0 Å². The first kappa shape index (κ1) is 34.5. The maximum absolute atomic E-state index is 13.2. The number of rotatable bonds is 15. The Bertz CT molecular complexity index is 606. The lowest BCUT2D eigenvalue weighted by atomic mass is 10.0. The van der Waals surface area contributed by atoms with Crippen molar-refractivity contribution in [2.75, 3.05) is 26.2 Å². The fourth-order valence-corrected chi connectivity index (χ4v) is 3.69. The second-order valence-electron chi connectivity index (χ2n) is 7.94. The Kier molecular flexibility index (Phi) is 15.3. The highest BCUT2D eigenvalue weighted by molar-refractivity contribution is 7.86. The highest BCUT2D eigenvalue weighted by Crippen LogP contribution is 2.43. The molecule has 0 N–H and O–H groups in total. The van der Waals surface area contributed by atoms with Gasteiger partial charge >= 0.3 is 17.4 Å². The number of quaternary nitrogens is 1. The van der Waals surface area contributed by atoms with Gasteiger partial charge in [-0.1, -0.05) is 32.1 Å². The van der Waals surface area contributed by atoms with Crippen LogP contribution in [-0.4, -0.2) is 67.2 Å². The molecule has 0 aliphatic heterocycles. The van der Waals surface area contributed by atoms with Crippen molar-refractivity contribution in [2.45, 2.75) is 103 Å². The predicted molar refractivity (Wildman–Crippen MR) is 110 cm³/mol. The number of nitrogens with zero attached hydrogens (tertiary/aromatic N) is 1. The van der Waals surface area contributed by atoms with Crippen molar-refractivity contribution < 1.29 is 52.6 Å². The lowest BCUT2D eigenvalue weighted by Gasteiger charge is -2.34. The molecule has 0 rings (SSSR count). The largest absolute Gasteiger partial charge is 0.743 e. The summed E-state index contributed by atoms with van der Waals surface area (Å²) in [6, 6.07) is 0. The molecule has 0 aromatic carbocycles. The van der Waals surface area contributed by atoms with E-state index in [-0.39, 0.29) is 32.1 Å². The van der Waals surface area contributed by atoms with Crippen LogP contribution < -0.4 is 0 Å². The number of unbranched alkanes of at least 4 members (excludes halogenated alkanes) is 5. The van der Waals surface area contributed by atoms with Crippen LogP contribution >= 0.6 is 0 Å². The van der Waals surface area contributed by atoms with E-state index in [2.05, 4.69) is 27.7 Å². The summed E-state index contributed by atoms with van der Waals surface area (Å²) in [5, 5.41) is -6.06. The third-order valence-corrected chi connectivity index (χ3v) is 6.85. The molecule has 0 heterocycles. The Morgan fingerprint density at radius 2 is 1.09 bits per heavy atom. The number of alkyl halides is 8. The highest BCUT2D eigenvalue weighted by atomic mass is 32.2. The molecular formula is C20H37F8NO3S. The first-order valence-corrected chi connectivity index (χ1v) is 12.5. The van der Waals surface area contributed by atoms with Crippen LogP contribution in [0.1, 0.15) is 79.1 Å². The molecule has 0 spiro atoms. The molecule has 0 saturated heterocycles. The van der Waals surface area contributed by atoms with Crippen LogP contribution in [0.25, 0.3) is 0 Å². The van der Waals surface area contributed by atoms with Gasteiger partial charge in [-0.3, -0.25) is 0 Å². The van der Waals surface area contributed by atoms with Crippen molar-refractivity contribution in [3.05, 3.63) is 0 Å². The molecular weight excluding hydrogens is 486 g/mol. The topological polar surface area (TPSA) is 57.2 Å². The van der Waals surface area contributed by atoms with Crippen molar-refractivity contribution in [1.29, 1.82) is 0 Å². The summed E-state index contributed by atoms with van der Waals surface area (Å²) in [6.45, 7) is 14.2. The molecule has 13 heteroatoms. The van der Waals surface area contributed by atoms with Crippen molar-refractivity contribution in [2.24, 2.45) is 0 Å². The molecule has 0 aliphatic carbocycles. The van der Waals surface area contributed by atoms with Crippen LogP contribution in [0.3, 0.4) is 0 Å². The number of halogens is 8. The van der Waals surface area contributed by atoms with Gasteiger partial charge in [0.25, 0.3) is 0 Å². The Morgan fingerprint density at radius 1 is 0.727 bits per heavy atom. The van der Waals surface area contributed by atoms with Crippen LogP contribution in [0.5, 0.6) is 0 Å². The number of hydrogen-bond donors (Lipinski definition) is 0. The summed E-state index contributed by atoms with van der Waals surface area (Å²) in [7, 11) is -6.73. The quantitative estimate of drug-likeness (QED) is 0.104. The van der Waals surface area contributed by atoms with Crippen molar-refractivity contribution in [3.63, 3.8) is 0 Å². The third kappa shape index (κ3) is 12.0. The Hall–Kier alpha value is -0.690. The molecule has 4 nitrogen and oxygen atoms in total. The maximum Gasteiger partial charge on any atom is 0.399 e. The average Bonchev–Trinajstić information content (AvgIpc) is 2.70. The van der Waals surface area contributed by atoms with E-state index >= 15 is 0 Å². The van der Waals surface area contributed by atoms with E-state index in [1.165, 1.54) is 30.7 Å². The maximum atomic E-state index is 13.2. The fourth-order valence-electron chi connectivity index (χ4n) is 3.23. The molecule has 0 aromatic heterocycles. The molecule has 0 aliphatic rings. The van der Waals surface area contributed by atoms with E-state index in [0.29, 0.717) is 6.42 Å².